The van der Waals surface area contributed by atoms with Crippen LogP contribution in [0.5, 0.6) is 0 Å². The lowest BCUT2D eigenvalue weighted by molar-refractivity contribution is 0.0682. The molecule has 2 heterocycles. The van der Waals surface area contributed by atoms with Crippen molar-refractivity contribution in [1.82, 2.24) is 25.1 Å². The zero-order valence-electron chi connectivity index (χ0n) is 13.1. The SMILES string of the molecule is CNc1nc(N(C)CC2(N(C)C)CCC2)c2cn[nH]c2n1. The summed E-state index contributed by atoms with van der Waals surface area (Å²) in [7, 11) is 8.26. The zero-order chi connectivity index (χ0) is 15.0. The number of aromatic amines is 1. The summed E-state index contributed by atoms with van der Waals surface area (Å²) < 4.78 is 0. The number of aromatic nitrogens is 4. The van der Waals surface area contributed by atoms with Crippen molar-refractivity contribution >= 4 is 22.8 Å². The van der Waals surface area contributed by atoms with E-state index < -0.39 is 0 Å². The van der Waals surface area contributed by atoms with Gasteiger partial charge in [-0.1, -0.05) is 0 Å². The molecule has 2 N–H and O–H groups in total. The van der Waals surface area contributed by atoms with Crippen LogP contribution in [0.3, 0.4) is 0 Å². The fourth-order valence-corrected chi connectivity index (χ4v) is 3.07. The quantitative estimate of drug-likeness (QED) is 0.865. The number of nitrogens with zero attached hydrogens (tertiary/aromatic N) is 5. The Kier molecular flexibility index (Phi) is 3.44. The Labute approximate surface area is 124 Å². The minimum atomic E-state index is 0.259. The highest BCUT2D eigenvalue weighted by Gasteiger charge is 2.40. The molecule has 0 radical (unpaired) electrons. The van der Waals surface area contributed by atoms with Gasteiger partial charge in [-0.2, -0.15) is 15.1 Å². The first-order valence-corrected chi connectivity index (χ1v) is 7.33. The molecule has 7 nitrogen and oxygen atoms in total. The van der Waals surface area contributed by atoms with Crippen molar-refractivity contribution in [2.24, 2.45) is 0 Å². The van der Waals surface area contributed by atoms with Gasteiger partial charge in [0.25, 0.3) is 0 Å². The van der Waals surface area contributed by atoms with Crippen LogP contribution < -0.4 is 10.2 Å². The summed E-state index contributed by atoms with van der Waals surface area (Å²) in [5.74, 6) is 1.53. The van der Waals surface area contributed by atoms with Gasteiger partial charge < -0.3 is 15.1 Å². The van der Waals surface area contributed by atoms with Gasteiger partial charge >= 0.3 is 0 Å². The van der Waals surface area contributed by atoms with Gasteiger partial charge in [0.05, 0.1) is 11.6 Å². The number of anilines is 2. The van der Waals surface area contributed by atoms with Crippen LogP contribution in [-0.2, 0) is 0 Å². The number of fused-ring (bicyclic) bond motifs is 1. The Bertz CT molecular complexity index is 629. The predicted molar refractivity (Wildman–Crippen MR) is 84.8 cm³/mol. The van der Waals surface area contributed by atoms with Crippen LogP contribution >= 0.6 is 0 Å². The minimum absolute atomic E-state index is 0.259. The molecular formula is C14H23N7. The Morgan fingerprint density at radius 2 is 2.05 bits per heavy atom. The van der Waals surface area contributed by atoms with Crippen molar-refractivity contribution in [2.45, 2.75) is 24.8 Å². The molecule has 1 saturated carbocycles. The molecule has 1 aliphatic carbocycles. The molecule has 7 heteroatoms. The van der Waals surface area contributed by atoms with Gasteiger partial charge in [0.2, 0.25) is 5.95 Å². The molecule has 3 rings (SSSR count). The highest BCUT2D eigenvalue weighted by atomic mass is 15.3. The third-order valence-corrected chi connectivity index (χ3v) is 4.64. The van der Waals surface area contributed by atoms with Crippen molar-refractivity contribution in [3.8, 4) is 0 Å². The van der Waals surface area contributed by atoms with Gasteiger partial charge in [-0.05, 0) is 33.4 Å². The summed E-state index contributed by atoms with van der Waals surface area (Å²) in [6, 6.07) is 0. The van der Waals surface area contributed by atoms with Gasteiger partial charge in [0.15, 0.2) is 5.65 Å². The van der Waals surface area contributed by atoms with E-state index in [0.29, 0.717) is 5.95 Å². The fourth-order valence-electron chi connectivity index (χ4n) is 3.07. The van der Waals surface area contributed by atoms with Crippen LogP contribution in [0, 0.1) is 0 Å². The Morgan fingerprint density at radius 3 is 2.62 bits per heavy atom. The topological polar surface area (TPSA) is 73.0 Å². The second-order valence-corrected chi connectivity index (χ2v) is 6.08. The number of hydrogen-bond donors (Lipinski definition) is 2. The van der Waals surface area contributed by atoms with E-state index in [0.717, 1.165) is 23.4 Å². The van der Waals surface area contributed by atoms with E-state index in [9.17, 15) is 0 Å². The normalized spacial score (nSPS) is 17.0. The van der Waals surface area contributed by atoms with E-state index in [-0.39, 0.29) is 5.54 Å². The highest BCUT2D eigenvalue weighted by molar-refractivity contribution is 5.87. The third kappa shape index (κ3) is 2.31. The number of rotatable bonds is 5. The van der Waals surface area contributed by atoms with Crippen molar-refractivity contribution in [1.29, 1.82) is 0 Å². The molecule has 1 fully saturated rings. The average Bonchev–Trinajstić information content (AvgIpc) is 2.88. The second-order valence-electron chi connectivity index (χ2n) is 6.08. The first-order chi connectivity index (χ1) is 10.1. The monoisotopic (exact) mass is 289 g/mol. The average molecular weight is 289 g/mol. The number of likely N-dealkylation sites (N-methyl/N-ethyl adjacent to an activating group) is 2. The predicted octanol–water partition coefficient (Wildman–Crippen LogP) is 1.32. The van der Waals surface area contributed by atoms with Crippen molar-refractivity contribution in [2.75, 3.05) is 45.0 Å². The van der Waals surface area contributed by atoms with Gasteiger partial charge in [-0.15, -0.1) is 0 Å². The second kappa shape index (κ2) is 5.14. The molecule has 0 atom stereocenters. The zero-order valence-corrected chi connectivity index (χ0v) is 13.1. The van der Waals surface area contributed by atoms with Crippen LogP contribution in [0.2, 0.25) is 0 Å². The maximum Gasteiger partial charge on any atom is 0.226 e. The van der Waals surface area contributed by atoms with Gasteiger partial charge in [0.1, 0.15) is 5.82 Å². The molecule has 1 aliphatic rings. The highest BCUT2D eigenvalue weighted by Crippen LogP contribution is 2.38. The van der Waals surface area contributed by atoms with Crippen LogP contribution in [-0.4, -0.2) is 65.3 Å². The maximum absolute atomic E-state index is 4.62. The summed E-state index contributed by atoms with van der Waals surface area (Å²) in [6.07, 6.45) is 5.58. The first kappa shape index (κ1) is 14.1. The van der Waals surface area contributed by atoms with Crippen LogP contribution in [0.1, 0.15) is 19.3 Å². The van der Waals surface area contributed by atoms with Gasteiger partial charge in [-0.3, -0.25) is 5.10 Å². The number of nitrogens with one attached hydrogen (secondary N) is 2. The van der Waals surface area contributed by atoms with Crippen molar-refractivity contribution in [3.05, 3.63) is 6.20 Å². The summed E-state index contributed by atoms with van der Waals surface area (Å²) in [5, 5.41) is 11.0. The summed E-state index contributed by atoms with van der Waals surface area (Å²) in [4.78, 5) is 13.6. The fraction of sp³-hybridized carbons (Fsp3) is 0.643. The summed E-state index contributed by atoms with van der Waals surface area (Å²) in [6.45, 7) is 0.959. The summed E-state index contributed by atoms with van der Waals surface area (Å²) >= 11 is 0. The van der Waals surface area contributed by atoms with Gasteiger partial charge in [0, 0.05) is 26.2 Å². The van der Waals surface area contributed by atoms with E-state index in [4.69, 9.17) is 0 Å². The molecule has 114 valence electrons. The standard InChI is InChI=1S/C14H23N7/c1-15-13-17-11-10(8-16-19-11)12(18-13)21(4)9-14(20(2)3)6-5-7-14/h8H,5-7,9H2,1-4H3,(H2,15,16,17,18,19). The Hall–Kier alpha value is -1.89. The van der Waals surface area contributed by atoms with Crippen LogP contribution in [0.25, 0.3) is 11.0 Å². The molecule has 0 aliphatic heterocycles. The van der Waals surface area contributed by atoms with E-state index in [1.807, 2.05) is 7.05 Å². The molecule has 0 spiro atoms. The molecular weight excluding hydrogens is 266 g/mol. The lowest BCUT2D eigenvalue weighted by atomic mass is 9.75. The van der Waals surface area contributed by atoms with Gasteiger partial charge in [-0.25, -0.2) is 0 Å². The largest absolute Gasteiger partial charge is 0.357 e. The molecule has 0 unspecified atom stereocenters. The lowest BCUT2D eigenvalue weighted by Crippen LogP contribution is -2.56. The van der Waals surface area contributed by atoms with Crippen LogP contribution in [0.15, 0.2) is 6.20 Å². The van der Waals surface area contributed by atoms with E-state index in [2.05, 4.69) is 56.4 Å². The van der Waals surface area contributed by atoms with E-state index in [1.165, 1.54) is 19.3 Å². The Morgan fingerprint density at radius 1 is 1.29 bits per heavy atom. The molecule has 2 aromatic rings. The number of H-pyrrole nitrogens is 1. The first-order valence-electron chi connectivity index (χ1n) is 7.33. The Balaban J connectivity index is 1.93. The van der Waals surface area contributed by atoms with Crippen molar-refractivity contribution in [3.63, 3.8) is 0 Å². The maximum atomic E-state index is 4.62. The number of hydrogen-bond acceptors (Lipinski definition) is 6. The molecule has 21 heavy (non-hydrogen) atoms. The molecule has 0 aromatic carbocycles. The lowest BCUT2D eigenvalue weighted by Gasteiger charge is -2.49. The van der Waals surface area contributed by atoms with E-state index in [1.54, 1.807) is 6.20 Å². The van der Waals surface area contributed by atoms with E-state index >= 15 is 0 Å². The van der Waals surface area contributed by atoms with Crippen LogP contribution in [0.4, 0.5) is 11.8 Å². The molecule has 0 saturated heterocycles. The smallest absolute Gasteiger partial charge is 0.226 e. The van der Waals surface area contributed by atoms with Crippen molar-refractivity contribution < 1.29 is 0 Å². The molecule has 2 aromatic heterocycles. The minimum Gasteiger partial charge on any atom is -0.357 e. The molecule has 0 bridgehead atoms. The molecule has 0 amide bonds. The summed E-state index contributed by atoms with van der Waals surface area (Å²) in [5.41, 5.74) is 1.03. The third-order valence-electron chi connectivity index (χ3n) is 4.64.